The van der Waals surface area contributed by atoms with E-state index in [1.807, 2.05) is 85.9 Å². The standard InChI is InChI=1S/C36H33N7O4S/c1-43-36(40-41-42-43)48-22-29-18-33(26-11-9-23(21-44)10-12-26)47-35(46-29)27-15-13-25(14-16-27)28-6-4-5-24(17-28)19-38-34(45)32-20-37-30-7-2-3-8-31(30)39-32/h2-17,20,29,33,35,44H,18-19,21-22H2,1H3,(H,38,45). The first-order valence-electron chi connectivity index (χ1n) is 15.6. The van der Waals surface area contributed by atoms with E-state index < -0.39 is 6.29 Å². The summed E-state index contributed by atoms with van der Waals surface area (Å²) in [7, 11) is 1.82. The van der Waals surface area contributed by atoms with Crippen molar-refractivity contribution < 1.29 is 19.4 Å². The van der Waals surface area contributed by atoms with E-state index in [9.17, 15) is 9.90 Å². The Bertz CT molecular complexity index is 2020. The van der Waals surface area contributed by atoms with Gasteiger partial charge in [-0.25, -0.2) is 9.67 Å². The molecule has 0 bridgehead atoms. The molecule has 11 nitrogen and oxygen atoms in total. The van der Waals surface area contributed by atoms with Crippen LogP contribution in [0.1, 0.15) is 51.6 Å². The minimum absolute atomic E-state index is 0.00699. The van der Waals surface area contributed by atoms with Crippen molar-refractivity contribution in [3.63, 3.8) is 0 Å². The van der Waals surface area contributed by atoms with Gasteiger partial charge in [-0.2, -0.15) is 0 Å². The zero-order chi connectivity index (χ0) is 32.9. The van der Waals surface area contributed by atoms with E-state index in [4.69, 9.17) is 9.47 Å². The lowest BCUT2D eigenvalue weighted by atomic mass is 9.99. The Kier molecular flexibility index (Phi) is 9.48. The van der Waals surface area contributed by atoms with Gasteiger partial charge in [0, 0.05) is 31.3 Å². The highest BCUT2D eigenvalue weighted by molar-refractivity contribution is 7.99. The fraction of sp³-hybridized carbons (Fsp3) is 0.222. The Balaban J connectivity index is 1.04. The van der Waals surface area contributed by atoms with E-state index >= 15 is 0 Å². The monoisotopic (exact) mass is 659 g/mol. The number of hydrogen-bond donors (Lipinski definition) is 2. The number of para-hydroxylation sites is 2. The summed E-state index contributed by atoms with van der Waals surface area (Å²) in [6, 6.07) is 31.6. The number of hydrogen-bond acceptors (Lipinski definition) is 10. The molecule has 2 aromatic heterocycles. The number of aliphatic hydroxyl groups is 1. The number of nitrogens with zero attached hydrogens (tertiary/aromatic N) is 6. The van der Waals surface area contributed by atoms with Crippen LogP contribution in [-0.2, 0) is 29.7 Å². The van der Waals surface area contributed by atoms with Crippen LogP contribution in [0.5, 0.6) is 0 Å². The van der Waals surface area contributed by atoms with Gasteiger partial charge < -0.3 is 19.9 Å². The molecule has 4 aromatic carbocycles. The molecule has 242 valence electrons. The zero-order valence-corrected chi connectivity index (χ0v) is 27.0. The summed E-state index contributed by atoms with van der Waals surface area (Å²) in [4.78, 5) is 21.6. The van der Waals surface area contributed by atoms with Crippen molar-refractivity contribution in [2.45, 2.75) is 43.2 Å². The topological polar surface area (TPSA) is 137 Å². The third-order valence-corrected chi connectivity index (χ3v) is 9.31. The van der Waals surface area contributed by atoms with Crippen molar-refractivity contribution in [2.24, 2.45) is 7.05 Å². The molecule has 3 unspecified atom stereocenters. The second-order valence-corrected chi connectivity index (χ2v) is 12.5. The van der Waals surface area contributed by atoms with Crippen molar-refractivity contribution >= 4 is 28.7 Å². The summed E-state index contributed by atoms with van der Waals surface area (Å²) in [5.74, 6) is 0.386. The smallest absolute Gasteiger partial charge is 0.271 e. The van der Waals surface area contributed by atoms with E-state index in [-0.39, 0.29) is 30.4 Å². The van der Waals surface area contributed by atoms with E-state index in [0.29, 0.717) is 24.2 Å². The van der Waals surface area contributed by atoms with Gasteiger partial charge in [0.15, 0.2) is 6.29 Å². The van der Waals surface area contributed by atoms with Crippen LogP contribution < -0.4 is 5.32 Å². The maximum atomic E-state index is 12.8. The van der Waals surface area contributed by atoms with Gasteiger partial charge in [-0.15, -0.1) is 5.10 Å². The number of aliphatic hydroxyl groups excluding tert-OH is 1. The Hall–Kier alpha value is -5.01. The minimum Gasteiger partial charge on any atom is -0.392 e. The second kappa shape index (κ2) is 14.4. The summed E-state index contributed by atoms with van der Waals surface area (Å²) in [5.41, 5.74) is 7.52. The average molecular weight is 660 g/mol. The predicted molar refractivity (Wildman–Crippen MR) is 181 cm³/mol. The van der Waals surface area contributed by atoms with Gasteiger partial charge in [0.2, 0.25) is 5.16 Å². The fourth-order valence-corrected chi connectivity index (χ4v) is 6.43. The molecule has 6 aromatic rings. The molecule has 0 saturated carbocycles. The highest BCUT2D eigenvalue weighted by Crippen LogP contribution is 2.39. The number of carbonyl (C=O) groups excluding carboxylic acids is 1. The van der Waals surface area contributed by atoms with Gasteiger partial charge in [0.25, 0.3) is 5.91 Å². The van der Waals surface area contributed by atoms with Crippen LogP contribution in [0.2, 0.25) is 0 Å². The van der Waals surface area contributed by atoms with Crippen LogP contribution in [0.15, 0.2) is 108 Å². The van der Waals surface area contributed by atoms with E-state index in [2.05, 4.69) is 49.0 Å². The van der Waals surface area contributed by atoms with Gasteiger partial charge in [-0.3, -0.25) is 9.78 Å². The predicted octanol–water partition coefficient (Wildman–Crippen LogP) is 5.58. The number of nitrogens with one attached hydrogen (secondary N) is 1. The molecule has 1 aliphatic heterocycles. The molecule has 1 aliphatic rings. The van der Waals surface area contributed by atoms with Crippen molar-refractivity contribution in [3.05, 3.63) is 131 Å². The number of tetrazole rings is 1. The molecule has 0 aliphatic carbocycles. The Morgan fingerprint density at radius 3 is 2.48 bits per heavy atom. The Morgan fingerprint density at radius 2 is 1.71 bits per heavy atom. The van der Waals surface area contributed by atoms with Crippen LogP contribution in [0.3, 0.4) is 0 Å². The average Bonchev–Trinajstić information content (AvgIpc) is 3.57. The maximum absolute atomic E-state index is 12.8. The molecule has 1 fully saturated rings. The lowest BCUT2D eigenvalue weighted by molar-refractivity contribution is -0.245. The zero-order valence-electron chi connectivity index (χ0n) is 26.1. The number of amides is 1. The number of thioether (sulfide) groups is 1. The van der Waals surface area contributed by atoms with Crippen molar-refractivity contribution in [2.75, 3.05) is 5.75 Å². The Morgan fingerprint density at radius 1 is 0.917 bits per heavy atom. The normalized spacial score (nSPS) is 17.8. The molecule has 7 rings (SSSR count). The summed E-state index contributed by atoms with van der Waals surface area (Å²) < 4.78 is 14.6. The molecular formula is C36H33N7O4S. The van der Waals surface area contributed by atoms with Gasteiger partial charge in [0.1, 0.15) is 5.69 Å². The van der Waals surface area contributed by atoms with Crippen molar-refractivity contribution in [1.82, 2.24) is 35.5 Å². The van der Waals surface area contributed by atoms with Crippen LogP contribution in [-0.4, -0.2) is 53.0 Å². The van der Waals surface area contributed by atoms with E-state index in [1.54, 1.807) is 16.4 Å². The van der Waals surface area contributed by atoms with E-state index in [1.165, 1.54) is 6.20 Å². The first-order chi connectivity index (χ1) is 23.5. The van der Waals surface area contributed by atoms with Gasteiger partial charge in [-0.05, 0) is 56.4 Å². The fourth-order valence-electron chi connectivity index (χ4n) is 5.57. The first-order valence-corrected chi connectivity index (χ1v) is 16.6. The third kappa shape index (κ3) is 7.26. The second-order valence-electron chi connectivity index (χ2n) is 11.5. The summed E-state index contributed by atoms with van der Waals surface area (Å²) >= 11 is 1.55. The lowest BCUT2D eigenvalue weighted by Crippen LogP contribution is -2.31. The molecule has 3 atom stereocenters. The number of fused-ring (bicyclic) bond motifs is 1. The summed E-state index contributed by atoms with van der Waals surface area (Å²) in [6.45, 7) is 0.348. The van der Waals surface area contributed by atoms with Crippen LogP contribution >= 0.6 is 11.8 Å². The highest BCUT2D eigenvalue weighted by atomic mass is 32.2. The lowest BCUT2D eigenvalue weighted by Gasteiger charge is -2.36. The number of aryl methyl sites for hydroxylation is 1. The third-order valence-electron chi connectivity index (χ3n) is 8.17. The Labute approximate surface area is 281 Å². The number of aromatic nitrogens is 6. The summed E-state index contributed by atoms with van der Waals surface area (Å²) in [6.07, 6.45) is 1.30. The largest absolute Gasteiger partial charge is 0.392 e. The number of rotatable bonds is 10. The number of benzene rings is 4. The van der Waals surface area contributed by atoms with E-state index in [0.717, 1.165) is 44.1 Å². The van der Waals surface area contributed by atoms with Crippen molar-refractivity contribution in [3.8, 4) is 11.1 Å². The molecule has 1 saturated heterocycles. The summed E-state index contributed by atoms with van der Waals surface area (Å²) in [5, 5.41) is 24.9. The highest BCUT2D eigenvalue weighted by Gasteiger charge is 2.32. The molecule has 48 heavy (non-hydrogen) atoms. The molecule has 0 radical (unpaired) electrons. The maximum Gasteiger partial charge on any atom is 0.271 e. The van der Waals surface area contributed by atoms with Crippen LogP contribution in [0, 0.1) is 0 Å². The molecule has 1 amide bonds. The quantitative estimate of drug-likeness (QED) is 0.179. The SMILES string of the molecule is Cn1nnnc1SCC1CC(c2ccc(CO)cc2)OC(c2ccc(-c3cccc(CNC(=O)c4cnc5ccccc5n4)c3)cc2)O1. The minimum atomic E-state index is -0.571. The van der Waals surface area contributed by atoms with Gasteiger partial charge in [0.05, 0.1) is 36.0 Å². The van der Waals surface area contributed by atoms with Gasteiger partial charge in [-0.1, -0.05) is 90.6 Å². The molecule has 3 heterocycles. The molecular weight excluding hydrogens is 627 g/mol. The number of carbonyl (C=O) groups is 1. The number of ether oxygens (including phenoxy) is 2. The van der Waals surface area contributed by atoms with Crippen molar-refractivity contribution in [1.29, 1.82) is 0 Å². The molecule has 12 heteroatoms. The van der Waals surface area contributed by atoms with Gasteiger partial charge >= 0.3 is 0 Å². The van der Waals surface area contributed by atoms with Crippen LogP contribution in [0.4, 0.5) is 0 Å². The molecule has 0 spiro atoms. The molecule has 2 N–H and O–H groups in total. The van der Waals surface area contributed by atoms with Crippen LogP contribution in [0.25, 0.3) is 22.2 Å². The first kappa shape index (κ1) is 31.6.